The minimum absolute atomic E-state index is 0.184. The number of nitrogens with zero attached hydrogens (tertiary/aromatic N) is 2. The van der Waals surface area contributed by atoms with Crippen molar-refractivity contribution in [3.63, 3.8) is 0 Å². The summed E-state index contributed by atoms with van der Waals surface area (Å²) in [6.07, 6.45) is 0. The van der Waals surface area contributed by atoms with Crippen molar-refractivity contribution in [3.8, 4) is 6.07 Å². The second-order valence-electron chi connectivity index (χ2n) is 4.23. The van der Waals surface area contributed by atoms with Crippen molar-refractivity contribution in [2.24, 2.45) is 0 Å². The summed E-state index contributed by atoms with van der Waals surface area (Å²) in [5, 5.41) is 11.5. The first-order chi connectivity index (χ1) is 8.61. The van der Waals surface area contributed by atoms with Crippen LogP contribution in [0.25, 0.3) is 0 Å². The molecule has 1 N–H and O–H groups in total. The zero-order valence-corrected chi connectivity index (χ0v) is 10.0. The van der Waals surface area contributed by atoms with Crippen molar-refractivity contribution in [1.29, 1.82) is 5.26 Å². The van der Waals surface area contributed by atoms with Crippen molar-refractivity contribution < 1.29 is 9.59 Å². The summed E-state index contributed by atoms with van der Waals surface area (Å²) in [4.78, 5) is 24.8. The van der Waals surface area contributed by atoms with Crippen LogP contribution in [0.15, 0.2) is 24.3 Å². The lowest BCUT2D eigenvalue weighted by molar-refractivity contribution is -0.149. The molecule has 1 aromatic carbocycles. The number of benzene rings is 1. The van der Waals surface area contributed by atoms with Gasteiger partial charge in [0.1, 0.15) is 0 Å². The number of rotatable bonds is 2. The Balaban J connectivity index is 2.14. The summed E-state index contributed by atoms with van der Waals surface area (Å²) in [6.45, 7) is 2.18. The molecule has 2 amide bonds. The fourth-order valence-electron chi connectivity index (χ4n) is 1.81. The maximum atomic E-state index is 11.9. The molecular formula is C13H13N3O2. The lowest BCUT2D eigenvalue weighted by atomic mass is 10.1. The van der Waals surface area contributed by atoms with E-state index in [2.05, 4.69) is 5.32 Å². The molecule has 1 heterocycles. The highest BCUT2D eigenvalue weighted by Gasteiger charge is 2.30. The Morgan fingerprint density at radius 1 is 1.39 bits per heavy atom. The van der Waals surface area contributed by atoms with Crippen LogP contribution in [0.5, 0.6) is 0 Å². The molecule has 0 spiro atoms. The van der Waals surface area contributed by atoms with Gasteiger partial charge in [0.05, 0.1) is 30.8 Å². The number of hydrogen-bond donors (Lipinski definition) is 1. The molecule has 0 bridgehead atoms. The van der Waals surface area contributed by atoms with Crippen LogP contribution < -0.4 is 5.32 Å². The molecule has 0 radical (unpaired) electrons. The molecule has 0 saturated carbocycles. The van der Waals surface area contributed by atoms with Crippen LogP contribution >= 0.6 is 0 Å². The second kappa shape index (κ2) is 4.98. The van der Waals surface area contributed by atoms with Gasteiger partial charge in [-0.1, -0.05) is 12.1 Å². The molecule has 1 aliphatic rings. The Kier molecular flexibility index (Phi) is 3.40. The summed E-state index contributed by atoms with van der Waals surface area (Å²) in [5.74, 6) is -0.432. The Morgan fingerprint density at radius 2 is 2.06 bits per heavy atom. The van der Waals surface area contributed by atoms with Crippen molar-refractivity contribution in [2.75, 3.05) is 6.54 Å². The third-order valence-electron chi connectivity index (χ3n) is 2.92. The SMILES string of the molecule is CC1NCC(=O)N(Cc2ccc(C#N)cc2)C1=O. The Labute approximate surface area is 105 Å². The Bertz CT molecular complexity index is 516. The molecule has 1 unspecified atom stereocenters. The number of amides is 2. The number of piperazine rings is 1. The van der Waals surface area contributed by atoms with Crippen molar-refractivity contribution >= 4 is 11.8 Å². The lowest BCUT2D eigenvalue weighted by Crippen LogP contribution is -2.56. The normalized spacial score (nSPS) is 19.8. The summed E-state index contributed by atoms with van der Waals surface area (Å²) in [5.41, 5.74) is 1.40. The smallest absolute Gasteiger partial charge is 0.246 e. The van der Waals surface area contributed by atoms with E-state index in [4.69, 9.17) is 5.26 Å². The van der Waals surface area contributed by atoms with Gasteiger partial charge in [-0.3, -0.25) is 19.8 Å². The Hall–Kier alpha value is -2.19. The summed E-state index contributed by atoms with van der Waals surface area (Å²) in [7, 11) is 0. The molecule has 5 nitrogen and oxygen atoms in total. The quantitative estimate of drug-likeness (QED) is 0.763. The van der Waals surface area contributed by atoms with Gasteiger partial charge in [0.25, 0.3) is 0 Å². The molecule has 1 saturated heterocycles. The summed E-state index contributed by atoms with van der Waals surface area (Å²) in [6, 6.07) is 8.56. The molecule has 1 aliphatic heterocycles. The van der Waals surface area contributed by atoms with E-state index in [0.29, 0.717) is 5.56 Å². The first-order valence-electron chi connectivity index (χ1n) is 5.68. The fraction of sp³-hybridized carbons (Fsp3) is 0.308. The number of carbonyl (C=O) groups is 2. The van der Waals surface area contributed by atoms with Gasteiger partial charge in [-0.25, -0.2) is 0 Å². The van der Waals surface area contributed by atoms with Crippen LogP contribution in [0.3, 0.4) is 0 Å². The molecule has 1 aromatic rings. The van der Waals surface area contributed by atoms with Crippen LogP contribution in [0, 0.1) is 11.3 Å². The van der Waals surface area contributed by atoms with Gasteiger partial charge in [0, 0.05) is 0 Å². The number of hydrogen-bond acceptors (Lipinski definition) is 4. The topological polar surface area (TPSA) is 73.2 Å². The third kappa shape index (κ3) is 2.39. The van der Waals surface area contributed by atoms with Crippen molar-refractivity contribution in [2.45, 2.75) is 19.5 Å². The molecular weight excluding hydrogens is 230 g/mol. The minimum atomic E-state index is -0.332. The monoisotopic (exact) mass is 243 g/mol. The van der Waals surface area contributed by atoms with E-state index in [1.165, 1.54) is 4.90 Å². The van der Waals surface area contributed by atoms with E-state index >= 15 is 0 Å². The lowest BCUT2D eigenvalue weighted by Gasteiger charge is -2.29. The van der Waals surface area contributed by atoms with Gasteiger partial charge in [-0.05, 0) is 24.6 Å². The highest BCUT2D eigenvalue weighted by Crippen LogP contribution is 2.10. The molecule has 0 aromatic heterocycles. The van der Waals surface area contributed by atoms with Crippen LogP contribution in [-0.4, -0.2) is 29.3 Å². The van der Waals surface area contributed by atoms with Gasteiger partial charge in [-0.15, -0.1) is 0 Å². The average molecular weight is 243 g/mol. The molecule has 92 valence electrons. The van der Waals surface area contributed by atoms with Crippen LogP contribution in [0.2, 0.25) is 0 Å². The molecule has 1 fully saturated rings. The molecule has 0 aliphatic carbocycles. The number of carbonyl (C=O) groups excluding carboxylic acids is 2. The maximum absolute atomic E-state index is 11.9. The van der Waals surface area contributed by atoms with Gasteiger partial charge >= 0.3 is 0 Å². The zero-order chi connectivity index (χ0) is 13.1. The van der Waals surface area contributed by atoms with E-state index in [9.17, 15) is 9.59 Å². The van der Waals surface area contributed by atoms with E-state index < -0.39 is 0 Å². The van der Waals surface area contributed by atoms with Gasteiger partial charge in [-0.2, -0.15) is 5.26 Å². The Morgan fingerprint density at radius 3 is 2.67 bits per heavy atom. The van der Waals surface area contributed by atoms with E-state index in [0.717, 1.165) is 5.56 Å². The first kappa shape index (κ1) is 12.3. The summed E-state index contributed by atoms with van der Waals surface area (Å²) >= 11 is 0. The molecule has 18 heavy (non-hydrogen) atoms. The predicted octanol–water partition coefficient (Wildman–Crippen LogP) is 0.405. The van der Waals surface area contributed by atoms with Crippen molar-refractivity contribution in [1.82, 2.24) is 10.2 Å². The van der Waals surface area contributed by atoms with Crippen molar-refractivity contribution in [3.05, 3.63) is 35.4 Å². The molecule has 5 heteroatoms. The number of nitrogens with one attached hydrogen (secondary N) is 1. The highest BCUT2D eigenvalue weighted by molar-refractivity contribution is 6.00. The van der Waals surface area contributed by atoms with Crippen LogP contribution in [0.4, 0.5) is 0 Å². The standard InChI is InChI=1S/C13H13N3O2/c1-9-13(18)16(12(17)7-15-9)8-11-4-2-10(6-14)3-5-11/h2-5,9,15H,7-8H2,1H3. The van der Waals surface area contributed by atoms with Gasteiger partial charge < -0.3 is 0 Å². The fourth-order valence-corrected chi connectivity index (χ4v) is 1.81. The molecule has 1 atom stereocenters. The first-order valence-corrected chi connectivity index (χ1v) is 5.68. The molecule has 2 rings (SSSR count). The zero-order valence-electron chi connectivity index (χ0n) is 10.0. The number of nitriles is 1. The maximum Gasteiger partial charge on any atom is 0.246 e. The summed E-state index contributed by atoms with van der Waals surface area (Å²) < 4.78 is 0. The average Bonchev–Trinajstić information content (AvgIpc) is 2.40. The third-order valence-corrected chi connectivity index (χ3v) is 2.92. The second-order valence-corrected chi connectivity index (χ2v) is 4.23. The predicted molar refractivity (Wildman–Crippen MR) is 64.2 cm³/mol. The van der Waals surface area contributed by atoms with Crippen LogP contribution in [0.1, 0.15) is 18.1 Å². The van der Waals surface area contributed by atoms with E-state index in [1.807, 2.05) is 6.07 Å². The minimum Gasteiger partial charge on any atom is -0.298 e. The highest BCUT2D eigenvalue weighted by atomic mass is 16.2. The van der Waals surface area contributed by atoms with E-state index in [1.54, 1.807) is 31.2 Å². The van der Waals surface area contributed by atoms with Gasteiger partial charge in [0.15, 0.2) is 0 Å². The number of imide groups is 1. The van der Waals surface area contributed by atoms with Gasteiger partial charge in [0.2, 0.25) is 11.8 Å². The largest absolute Gasteiger partial charge is 0.298 e. The van der Waals surface area contributed by atoms with Crippen LogP contribution in [-0.2, 0) is 16.1 Å². The van der Waals surface area contributed by atoms with E-state index in [-0.39, 0.29) is 30.9 Å².